The number of carboxylic acid groups (broad SMARTS) is 1. The number of likely N-dealkylation sites (N-methyl/N-ethyl adjacent to an activating group) is 1. The third-order valence-corrected chi connectivity index (χ3v) is 3.67. The number of hydrogen-bond acceptors (Lipinski definition) is 2. The molecule has 0 radical (unpaired) electrons. The second kappa shape index (κ2) is 4.96. The molecule has 92 valence electrons. The fraction of sp³-hybridized carbons (Fsp3) is 0.462. The Morgan fingerprint density at radius 2 is 2.35 bits per heavy atom. The number of carboxylic acids is 1. The van der Waals surface area contributed by atoms with Crippen LogP contribution in [0.5, 0.6) is 0 Å². The quantitative estimate of drug-likeness (QED) is 0.897. The zero-order valence-electron chi connectivity index (χ0n) is 9.82. The van der Waals surface area contributed by atoms with Crippen LogP contribution in [0.2, 0.25) is 5.02 Å². The molecule has 0 fully saturated rings. The lowest BCUT2D eigenvalue weighted by Gasteiger charge is -2.25. The average Bonchev–Trinajstić information content (AvgIpc) is 2.65. The summed E-state index contributed by atoms with van der Waals surface area (Å²) in [5.41, 5.74) is 2.32. The third kappa shape index (κ3) is 2.39. The normalized spacial score (nSPS) is 18.2. The van der Waals surface area contributed by atoms with Crippen molar-refractivity contribution >= 4 is 23.3 Å². The van der Waals surface area contributed by atoms with Crippen molar-refractivity contribution in [3.63, 3.8) is 0 Å². The SMILES string of the molecule is CCN1c2cccc(Cl)c2CC1CCC(=O)O. The first kappa shape index (κ1) is 12.2. The Morgan fingerprint density at radius 1 is 1.59 bits per heavy atom. The highest BCUT2D eigenvalue weighted by molar-refractivity contribution is 6.31. The molecule has 0 saturated carbocycles. The summed E-state index contributed by atoms with van der Waals surface area (Å²) in [4.78, 5) is 12.9. The molecule has 0 amide bonds. The number of halogens is 1. The minimum absolute atomic E-state index is 0.215. The second-order valence-corrected chi connectivity index (χ2v) is 4.72. The maximum Gasteiger partial charge on any atom is 0.303 e. The fourth-order valence-electron chi connectivity index (χ4n) is 2.54. The van der Waals surface area contributed by atoms with E-state index in [2.05, 4.69) is 17.9 Å². The van der Waals surface area contributed by atoms with Gasteiger partial charge in [0.05, 0.1) is 0 Å². The highest BCUT2D eigenvalue weighted by atomic mass is 35.5. The van der Waals surface area contributed by atoms with Crippen LogP contribution in [0.3, 0.4) is 0 Å². The van der Waals surface area contributed by atoms with Crippen molar-refractivity contribution in [3.8, 4) is 0 Å². The number of anilines is 1. The van der Waals surface area contributed by atoms with Crippen LogP contribution in [-0.2, 0) is 11.2 Å². The topological polar surface area (TPSA) is 40.5 Å². The van der Waals surface area contributed by atoms with Crippen molar-refractivity contribution < 1.29 is 9.90 Å². The standard InChI is InChI=1S/C13H16ClNO2/c1-2-15-9(6-7-13(16)17)8-10-11(14)4-3-5-12(10)15/h3-5,9H,2,6-8H2,1H3,(H,16,17). The highest BCUT2D eigenvalue weighted by Crippen LogP contribution is 2.37. The highest BCUT2D eigenvalue weighted by Gasteiger charge is 2.29. The Labute approximate surface area is 106 Å². The van der Waals surface area contributed by atoms with Gasteiger partial charge in [-0.2, -0.15) is 0 Å². The van der Waals surface area contributed by atoms with Gasteiger partial charge in [-0.25, -0.2) is 0 Å². The summed E-state index contributed by atoms with van der Waals surface area (Å²) in [5, 5.41) is 9.55. The maximum absolute atomic E-state index is 10.6. The largest absolute Gasteiger partial charge is 0.481 e. The molecular weight excluding hydrogens is 238 g/mol. The average molecular weight is 254 g/mol. The molecule has 4 heteroatoms. The summed E-state index contributed by atoms with van der Waals surface area (Å²) in [6.07, 6.45) is 1.75. The number of carbonyl (C=O) groups is 1. The van der Waals surface area contributed by atoms with E-state index in [0.717, 1.165) is 29.2 Å². The Hall–Kier alpha value is -1.22. The molecule has 17 heavy (non-hydrogen) atoms. The molecule has 1 N–H and O–H groups in total. The van der Waals surface area contributed by atoms with Crippen LogP contribution in [0.4, 0.5) is 5.69 Å². The number of aliphatic carboxylic acids is 1. The number of rotatable bonds is 4. The lowest BCUT2D eigenvalue weighted by atomic mass is 10.1. The smallest absolute Gasteiger partial charge is 0.303 e. The molecule has 1 unspecified atom stereocenters. The minimum atomic E-state index is -0.733. The molecule has 0 aromatic heterocycles. The fourth-order valence-corrected chi connectivity index (χ4v) is 2.78. The molecule has 2 rings (SSSR count). The Balaban J connectivity index is 2.19. The number of hydrogen-bond donors (Lipinski definition) is 1. The van der Waals surface area contributed by atoms with Crippen molar-refractivity contribution in [2.24, 2.45) is 0 Å². The minimum Gasteiger partial charge on any atom is -0.481 e. The van der Waals surface area contributed by atoms with Gasteiger partial charge >= 0.3 is 5.97 Å². The van der Waals surface area contributed by atoms with Gasteiger partial charge in [0.15, 0.2) is 0 Å². The van der Waals surface area contributed by atoms with Gasteiger partial charge in [-0.05, 0) is 37.5 Å². The summed E-state index contributed by atoms with van der Waals surface area (Å²) < 4.78 is 0. The van der Waals surface area contributed by atoms with Crippen LogP contribution < -0.4 is 4.90 Å². The van der Waals surface area contributed by atoms with Gasteiger partial charge in [0.1, 0.15) is 0 Å². The van der Waals surface area contributed by atoms with Gasteiger partial charge in [-0.1, -0.05) is 17.7 Å². The van der Waals surface area contributed by atoms with Gasteiger partial charge in [0.2, 0.25) is 0 Å². The Morgan fingerprint density at radius 3 is 3.00 bits per heavy atom. The van der Waals surface area contributed by atoms with Gasteiger partial charge in [-0.15, -0.1) is 0 Å². The molecule has 1 atom stereocenters. The van der Waals surface area contributed by atoms with Crippen LogP contribution in [0.25, 0.3) is 0 Å². The van der Waals surface area contributed by atoms with Crippen LogP contribution in [0, 0.1) is 0 Å². The number of benzene rings is 1. The molecule has 0 aliphatic carbocycles. The third-order valence-electron chi connectivity index (χ3n) is 3.32. The summed E-state index contributed by atoms with van der Waals surface area (Å²) in [6.45, 7) is 2.97. The predicted molar refractivity (Wildman–Crippen MR) is 68.8 cm³/mol. The number of nitrogens with zero attached hydrogens (tertiary/aromatic N) is 1. The van der Waals surface area contributed by atoms with Crippen LogP contribution in [0.15, 0.2) is 18.2 Å². The first-order chi connectivity index (χ1) is 8.13. The van der Waals surface area contributed by atoms with Crippen LogP contribution >= 0.6 is 11.6 Å². The Kier molecular flexibility index (Phi) is 3.57. The van der Waals surface area contributed by atoms with Gasteiger partial charge < -0.3 is 10.0 Å². The van der Waals surface area contributed by atoms with E-state index in [4.69, 9.17) is 16.7 Å². The molecule has 1 aliphatic heterocycles. The van der Waals surface area contributed by atoms with E-state index < -0.39 is 5.97 Å². The Bertz CT molecular complexity index is 433. The lowest BCUT2D eigenvalue weighted by molar-refractivity contribution is -0.137. The zero-order valence-corrected chi connectivity index (χ0v) is 10.6. The van der Waals surface area contributed by atoms with Crippen molar-refractivity contribution in [2.45, 2.75) is 32.2 Å². The molecular formula is C13H16ClNO2. The monoisotopic (exact) mass is 253 g/mol. The first-order valence-corrected chi connectivity index (χ1v) is 6.27. The van der Waals surface area contributed by atoms with E-state index in [1.165, 1.54) is 0 Å². The molecule has 1 aliphatic rings. The summed E-state index contributed by atoms with van der Waals surface area (Å²) in [7, 11) is 0. The zero-order chi connectivity index (χ0) is 12.4. The molecule has 0 spiro atoms. The van der Waals surface area contributed by atoms with Crippen LogP contribution in [0.1, 0.15) is 25.3 Å². The predicted octanol–water partition coefficient (Wildman–Crippen LogP) is 2.96. The van der Waals surface area contributed by atoms with E-state index >= 15 is 0 Å². The van der Waals surface area contributed by atoms with Gasteiger partial charge in [-0.3, -0.25) is 4.79 Å². The van der Waals surface area contributed by atoms with Crippen molar-refractivity contribution in [2.75, 3.05) is 11.4 Å². The van der Waals surface area contributed by atoms with Crippen molar-refractivity contribution in [3.05, 3.63) is 28.8 Å². The molecule has 1 aromatic carbocycles. The molecule has 0 saturated heterocycles. The first-order valence-electron chi connectivity index (χ1n) is 5.89. The van der Waals surface area contributed by atoms with E-state index in [1.54, 1.807) is 0 Å². The number of fused-ring (bicyclic) bond motifs is 1. The van der Waals surface area contributed by atoms with E-state index in [1.807, 2.05) is 12.1 Å². The van der Waals surface area contributed by atoms with E-state index in [-0.39, 0.29) is 12.5 Å². The van der Waals surface area contributed by atoms with Gasteiger partial charge in [0.25, 0.3) is 0 Å². The van der Waals surface area contributed by atoms with Crippen molar-refractivity contribution in [1.82, 2.24) is 0 Å². The summed E-state index contributed by atoms with van der Waals surface area (Å²) >= 11 is 6.18. The molecule has 0 bridgehead atoms. The van der Waals surface area contributed by atoms with E-state index in [0.29, 0.717) is 6.42 Å². The van der Waals surface area contributed by atoms with E-state index in [9.17, 15) is 4.79 Å². The molecule has 3 nitrogen and oxygen atoms in total. The van der Waals surface area contributed by atoms with Gasteiger partial charge in [0, 0.05) is 29.7 Å². The molecule has 1 heterocycles. The summed E-state index contributed by atoms with van der Waals surface area (Å²) in [6, 6.07) is 6.17. The van der Waals surface area contributed by atoms with Crippen molar-refractivity contribution in [1.29, 1.82) is 0 Å². The van der Waals surface area contributed by atoms with Crippen LogP contribution in [-0.4, -0.2) is 23.7 Å². The molecule has 1 aromatic rings. The lowest BCUT2D eigenvalue weighted by Crippen LogP contribution is -2.32. The summed E-state index contributed by atoms with van der Waals surface area (Å²) in [5.74, 6) is -0.733. The second-order valence-electron chi connectivity index (χ2n) is 4.31. The maximum atomic E-state index is 10.6.